The number of amides is 1. The van der Waals surface area contributed by atoms with Gasteiger partial charge in [-0.1, -0.05) is 19.3 Å². The highest BCUT2D eigenvalue weighted by Crippen LogP contribution is 2.34. The number of ether oxygens (including phenoxy) is 2. The van der Waals surface area contributed by atoms with Crippen LogP contribution in [0.2, 0.25) is 0 Å². The molecular formula is C16H28N2O3. The van der Waals surface area contributed by atoms with E-state index >= 15 is 0 Å². The van der Waals surface area contributed by atoms with Gasteiger partial charge in [-0.25, -0.2) is 0 Å². The summed E-state index contributed by atoms with van der Waals surface area (Å²) in [6, 6.07) is 0. The molecule has 2 saturated heterocycles. The lowest BCUT2D eigenvalue weighted by atomic mass is 9.79. The monoisotopic (exact) mass is 296 g/mol. The number of carbonyl (C=O) groups is 1. The minimum atomic E-state index is -0.213. The van der Waals surface area contributed by atoms with E-state index in [4.69, 9.17) is 9.47 Å². The van der Waals surface area contributed by atoms with Gasteiger partial charge in [0.2, 0.25) is 5.91 Å². The van der Waals surface area contributed by atoms with Crippen LogP contribution in [-0.2, 0) is 14.3 Å². The third-order valence-electron chi connectivity index (χ3n) is 5.28. The lowest BCUT2D eigenvalue weighted by molar-refractivity contribution is -0.131. The SMILES string of the molecule is O=C(NCC1(N2CCOCC2)CCCCC1)[C@H]1CCCO1. The smallest absolute Gasteiger partial charge is 0.249 e. The molecule has 3 aliphatic rings. The molecule has 0 unspecified atom stereocenters. The number of carbonyl (C=O) groups excluding carboxylic acids is 1. The summed E-state index contributed by atoms with van der Waals surface area (Å²) >= 11 is 0. The summed E-state index contributed by atoms with van der Waals surface area (Å²) in [5.41, 5.74) is 0.149. The number of rotatable bonds is 4. The van der Waals surface area contributed by atoms with Gasteiger partial charge in [-0.05, 0) is 25.7 Å². The molecule has 1 atom stereocenters. The summed E-state index contributed by atoms with van der Waals surface area (Å²) in [5, 5.41) is 3.19. The third kappa shape index (κ3) is 3.58. The predicted molar refractivity (Wildman–Crippen MR) is 80.2 cm³/mol. The van der Waals surface area contributed by atoms with Gasteiger partial charge in [0, 0.05) is 31.8 Å². The van der Waals surface area contributed by atoms with Crippen molar-refractivity contribution >= 4 is 5.91 Å². The van der Waals surface area contributed by atoms with Crippen LogP contribution in [0.3, 0.4) is 0 Å². The Balaban J connectivity index is 1.60. The number of hydrogen-bond acceptors (Lipinski definition) is 4. The molecule has 5 heteroatoms. The van der Waals surface area contributed by atoms with E-state index in [0.717, 1.165) is 52.3 Å². The molecule has 1 aliphatic carbocycles. The predicted octanol–water partition coefficient (Wildman–Crippen LogP) is 1.32. The molecule has 2 heterocycles. The number of nitrogens with one attached hydrogen (secondary N) is 1. The van der Waals surface area contributed by atoms with Crippen molar-refractivity contribution in [3.05, 3.63) is 0 Å². The Labute approximate surface area is 127 Å². The van der Waals surface area contributed by atoms with Crippen LogP contribution < -0.4 is 5.32 Å². The Kier molecular flexibility index (Phi) is 5.14. The Hall–Kier alpha value is -0.650. The van der Waals surface area contributed by atoms with Gasteiger partial charge >= 0.3 is 0 Å². The molecule has 0 radical (unpaired) electrons. The van der Waals surface area contributed by atoms with Crippen molar-refractivity contribution in [3.8, 4) is 0 Å². The Morgan fingerprint density at radius 3 is 2.52 bits per heavy atom. The molecule has 3 rings (SSSR count). The molecule has 5 nitrogen and oxygen atoms in total. The van der Waals surface area contributed by atoms with Crippen LogP contribution >= 0.6 is 0 Å². The molecule has 0 aromatic carbocycles. The fourth-order valence-electron chi connectivity index (χ4n) is 4.00. The molecule has 0 spiro atoms. The van der Waals surface area contributed by atoms with Crippen LogP contribution in [0.5, 0.6) is 0 Å². The van der Waals surface area contributed by atoms with Gasteiger partial charge in [0.1, 0.15) is 6.10 Å². The maximum absolute atomic E-state index is 12.2. The Bertz CT molecular complexity index is 343. The fourth-order valence-corrected chi connectivity index (χ4v) is 4.00. The summed E-state index contributed by atoms with van der Waals surface area (Å²) in [6.45, 7) is 5.13. The molecule has 1 amide bonds. The standard InChI is InChI=1S/C16H28N2O3/c19-15(14-5-4-10-21-14)17-13-16(6-2-1-3-7-16)18-8-11-20-12-9-18/h14H,1-13H2,(H,17,19)/t14-/m1/s1. The van der Waals surface area contributed by atoms with Crippen LogP contribution in [-0.4, -0.2) is 61.9 Å². The van der Waals surface area contributed by atoms with E-state index in [-0.39, 0.29) is 17.6 Å². The molecule has 1 saturated carbocycles. The molecule has 0 bridgehead atoms. The van der Waals surface area contributed by atoms with Crippen molar-refractivity contribution in [2.24, 2.45) is 0 Å². The first-order valence-electron chi connectivity index (χ1n) is 8.52. The highest BCUT2D eigenvalue weighted by atomic mass is 16.5. The van der Waals surface area contributed by atoms with Gasteiger partial charge in [-0.2, -0.15) is 0 Å². The summed E-state index contributed by atoms with van der Waals surface area (Å²) in [5.74, 6) is 0.0886. The quantitative estimate of drug-likeness (QED) is 0.850. The van der Waals surface area contributed by atoms with E-state index in [1.165, 1.54) is 32.1 Å². The number of nitrogens with zero attached hydrogens (tertiary/aromatic N) is 1. The Morgan fingerprint density at radius 2 is 1.86 bits per heavy atom. The summed E-state index contributed by atoms with van der Waals surface area (Å²) in [7, 11) is 0. The highest BCUT2D eigenvalue weighted by Gasteiger charge is 2.39. The van der Waals surface area contributed by atoms with Gasteiger partial charge in [-0.3, -0.25) is 9.69 Å². The Morgan fingerprint density at radius 1 is 1.10 bits per heavy atom. The van der Waals surface area contributed by atoms with Gasteiger partial charge in [-0.15, -0.1) is 0 Å². The maximum atomic E-state index is 12.2. The van der Waals surface area contributed by atoms with Crippen LogP contribution in [0.4, 0.5) is 0 Å². The second-order valence-corrected chi connectivity index (χ2v) is 6.60. The molecule has 21 heavy (non-hydrogen) atoms. The van der Waals surface area contributed by atoms with Crippen LogP contribution in [0.1, 0.15) is 44.9 Å². The third-order valence-corrected chi connectivity index (χ3v) is 5.28. The zero-order chi connectivity index (χ0) is 14.5. The minimum Gasteiger partial charge on any atom is -0.379 e. The fraction of sp³-hybridized carbons (Fsp3) is 0.938. The van der Waals surface area contributed by atoms with E-state index in [2.05, 4.69) is 10.2 Å². The number of hydrogen-bond donors (Lipinski definition) is 1. The molecule has 2 aliphatic heterocycles. The normalized spacial score (nSPS) is 30.2. The van der Waals surface area contributed by atoms with Crippen LogP contribution in [0, 0.1) is 0 Å². The molecule has 0 aromatic heterocycles. The lowest BCUT2D eigenvalue weighted by Crippen LogP contribution is -2.60. The highest BCUT2D eigenvalue weighted by molar-refractivity contribution is 5.81. The van der Waals surface area contributed by atoms with E-state index < -0.39 is 0 Å². The summed E-state index contributed by atoms with van der Waals surface area (Å²) in [6.07, 6.45) is 7.92. The number of morpholine rings is 1. The lowest BCUT2D eigenvalue weighted by Gasteiger charge is -2.48. The molecular weight excluding hydrogens is 268 g/mol. The average molecular weight is 296 g/mol. The largest absolute Gasteiger partial charge is 0.379 e. The van der Waals surface area contributed by atoms with E-state index in [1.807, 2.05) is 0 Å². The van der Waals surface area contributed by atoms with Crippen molar-refractivity contribution in [1.29, 1.82) is 0 Å². The van der Waals surface area contributed by atoms with Gasteiger partial charge in [0.25, 0.3) is 0 Å². The van der Waals surface area contributed by atoms with Crippen molar-refractivity contribution < 1.29 is 14.3 Å². The average Bonchev–Trinajstić information content (AvgIpc) is 3.09. The molecule has 0 aromatic rings. The first-order valence-corrected chi connectivity index (χ1v) is 8.52. The van der Waals surface area contributed by atoms with Gasteiger partial charge in [0.05, 0.1) is 13.2 Å². The van der Waals surface area contributed by atoms with E-state index in [9.17, 15) is 4.79 Å². The summed E-state index contributed by atoms with van der Waals surface area (Å²) in [4.78, 5) is 14.8. The van der Waals surface area contributed by atoms with Crippen molar-refractivity contribution in [3.63, 3.8) is 0 Å². The molecule has 1 N–H and O–H groups in total. The molecule has 120 valence electrons. The topological polar surface area (TPSA) is 50.8 Å². The van der Waals surface area contributed by atoms with Crippen molar-refractivity contribution in [2.75, 3.05) is 39.5 Å². The van der Waals surface area contributed by atoms with Crippen LogP contribution in [0.15, 0.2) is 0 Å². The second-order valence-electron chi connectivity index (χ2n) is 6.60. The van der Waals surface area contributed by atoms with Crippen molar-refractivity contribution in [1.82, 2.24) is 10.2 Å². The van der Waals surface area contributed by atoms with Crippen LogP contribution in [0.25, 0.3) is 0 Å². The molecule has 3 fully saturated rings. The van der Waals surface area contributed by atoms with E-state index in [0.29, 0.717) is 0 Å². The van der Waals surface area contributed by atoms with Gasteiger partial charge in [0.15, 0.2) is 0 Å². The zero-order valence-corrected chi connectivity index (χ0v) is 12.9. The maximum Gasteiger partial charge on any atom is 0.249 e. The minimum absolute atomic E-state index is 0.0886. The van der Waals surface area contributed by atoms with Crippen molar-refractivity contribution in [2.45, 2.75) is 56.6 Å². The first kappa shape index (κ1) is 15.3. The second kappa shape index (κ2) is 7.07. The first-order chi connectivity index (χ1) is 10.3. The summed E-state index contributed by atoms with van der Waals surface area (Å²) < 4.78 is 11.0. The van der Waals surface area contributed by atoms with Gasteiger partial charge < -0.3 is 14.8 Å². The van der Waals surface area contributed by atoms with E-state index in [1.54, 1.807) is 0 Å². The zero-order valence-electron chi connectivity index (χ0n) is 12.9.